The number of methoxy groups -OCH3 is 1. The Labute approximate surface area is 167 Å². The van der Waals surface area contributed by atoms with Crippen molar-refractivity contribution >= 4 is 17.6 Å². The number of Topliss-reactive ketones (excluding diaryl/α,β-unsaturated/α-hetero) is 1. The van der Waals surface area contributed by atoms with Crippen LogP contribution in [0.2, 0.25) is 0 Å². The van der Waals surface area contributed by atoms with Crippen molar-refractivity contribution in [3.8, 4) is 0 Å². The van der Waals surface area contributed by atoms with Gasteiger partial charge in [-0.25, -0.2) is 4.79 Å². The fourth-order valence-corrected chi connectivity index (χ4v) is 9.68. The number of benzene rings is 1. The van der Waals surface area contributed by atoms with Crippen LogP contribution in [-0.4, -0.2) is 65.1 Å². The molecule has 150 valence electrons. The fraction of sp³-hybridized carbons (Fsp3) is 0.636. The first-order valence-corrected chi connectivity index (χ1v) is 10.7. The van der Waals surface area contributed by atoms with Crippen LogP contribution in [0.3, 0.4) is 0 Å². The van der Waals surface area contributed by atoms with Gasteiger partial charge in [0.2, 0.25) is 0 Å². The van der Waals surface area contributed by atoms with E-state index in [1.54, 1.807) is 4.90 Å². The van der Waals surface area contributed by atoms with Gasteiger partial charge in [-0.1, -0.05) is 18.2 Å². The van der Waals surface area contributed by atoms with Crippen molar-refractivity contribution in [2.24, 2.45) is 11.3 Å². The summed E-state index contributed by atoms with van der Waals surface area (Å²) in [5.41, 5.74) is -1.76. The second kappa shape index (κ2) is 4.11. The normalized spacial score (nSPS) is 56.1. The number of piperidine rings is 1. The fourth-order valence-electron chi connectivity index (χ4n) is 9.68. The average molecular weight is 394 g/mol. The van der Waals surface area contributed by atoms with Gasteiger partial charge < -0.3 is 14.6 Å². The molecule has 0 radical (unpaired) electrons. The van der Waals surface area contributed by atoms with Crippen LogP contribution in [0.15, 0.2) is 24.3 Å². The zero-order valence-electron chi connectivity index (χ0n) is 16.1. The van der Waals surface area contributed by atoms with Crippen LogP contribution in [0.5, 0.6) is 0 Å². The van der Waals surface area contributed by atoms with E-state index in [4.69, 9.17) is 9.47 Å². The summed E-state index contributed by atoms with van der Waals surface area (Å²) in [4.78, 5) is 31.2. The number of hydrogen-bond donors (Lipinski definition) is 1. The van der Waals surface area contributed by atoms with Crippen LogP contribution in [0, 0.1) is 11.3 Å². The van der Waals surface area contributed by atoms with Crippen LogP contribution in [0.4, 0.5) is 10.5 Å². The van der Waals surface area contributed by atoms with Crippen molar-refractivity contribution in [3.05, 3.63) is 29.8 Å². The minimum absolute atomic E-state index is 0.113. The topological polar surface area (TPSA) is 79.3 Å². The van der Waals surface area contributed by atoms with Crippen molar-refractivity contribution in [2.45, 2.75) is 60.6 Å². The second-order valence-corrected chi connectivity index (χ2v) is 10.0. The third-order valence-corrected chi connectivity index (χ3v) is 9.90. The van der Waals surface area contributed by atoms with Gasteiger partial charge in [-0.05, 0) is 37.3 Å². The molecule has 4 saturated carbocycles. The SMILES string of the molecule is COC(=O)N1c2ccccc2[C@@]23C4C(=O)[C@@]5(O)[C@@H]6OC4N4CCC[C@]6(CC[C@@]152)[C@H]43. The molecule has 0 aromatic heterocycles. The molecule has 1 aromatic rings. The Morgan fingerprint density at radius 1 is 1.28 bits per heavy atom. The minimum Gasteiger partial charge on any atom is -0.452 e. The van der Waals surface area contributed by atoms with Gasteiger partial charge in [-0.15, -0.1) is 0 Å². The summed E-state index contributed by atoms with van der Waals surface area (Å²) >= 11 is 0. The monoisotopic (exact) mass is 394 g/mol. The van der Waals surface area contributed by atoms with Crippen LogP contribution in [0.1, 0.15) is 31.2 Å². The number of para-hydroxylation sites is 1. The molecule has 4 aliphatic carbocycles. The van der Waals surface area contributed by atoms with E-state index in [1.807, 2.05) is 18.2 Å². The van der Waals surface area contributed by atoms with Crippen molar-refractivity contribution in [3.63, 3.8) is 0 Å². The molecule has 7 nitrogen and oxygen atoms in total. The van der Waals surface area contributed by atoms with E-state index < -0.39 is 34.7 Å². The number of fused-ring (bicyclic) bond motifs is 2. The molecule has 5 heterocycles. The zero-order valence-corrected chi connectivity index (χ0v) is 16.1. The quantitative estimate of drug-likeness (QED) is 0.712. The maximum absolute atomic E-state index is 14.0. The smallest absolute Gasteiger partial charge is 0.414 e. The number of rotatable bonds is 0. The first-order chi connectivity index (χ1) is 14.0. The number of nitrogens with zero attached hydrogens (tertiary/aromatic N) is 2. The number of ketones is 1. The Balaban J connectivity index is 1.58. The first-order valence-electron chi connectivity index (χ1n) is 10.7. The predicted octanol–water partition coefficient (Wildman–Crippen LogP) is 1.18. The summed E-state index contributed by atoms with van der Waals surface area (Å²) in [6.45, 7) is 0.907. The van der Waals surface area contributed by atoms with Crippen LogP contribution in [-0.2, 0) is 19.7 Å². The minimum atomic E-state index is -1.68. The molecule has 10 rings (SSSR count). The van der Waals surface area contributed by atoms with Gasteiger partial charge in [-0.3, -0.25) is 14.6 Å². The number of carbonyl (C=O) groups is 2. The van der Waals surface area contributed by atoms with Gasteiger partial charge >= 0.3 is 6.09 Å². The molecule has 9 aliphatic rings. The number of anilines is 1. The Morgan fingerprint density at radius 2 is 2.10 bits per heavy atom. The highest BCUT2D eigenvalue weighted by Crippen LogP contribution is 2.85. The molecule has 9 bridgehead atoms. The maximum Gasteiger partial charge on any atom is 0.414 e. The van der Waals surface area contributed by atoms with Gasteiger partial charge in [-0.2, -0.15) is 0 Å². The van der Waals surface area contributed by atoms with E-state index in [0.717, 1.165) is 37.1 Å². The van der Waals surface area contributed by atoms with Gasteiger partial charge in [0.15, 0.2) is 11.4 Å². The van der Waals surface area contributed by atoms with Crippen LogP contribution < -0.4 is 4.90 Å². The molecule has 1 N–H and O–H groups in total. The number of hydrogen-bond acceptors (Lipinski definition) is 6. The van der Waals surface area contributed by atoms with E-state index in [1.165, 1.54) is 7.11 Å². The number of aliphatic hydroxyl groups is 1. The summed E-state index contributed by atoms with van der Waals surface area (Å²) in [6.07, 6.45) is 2.15. The van der Waals surface area contributed by atoms with E-state index in [0.29, 0.717) is 6.42 Å². The molecular formula is C22H22N2O5. The van der Waals surface area contributed by atoms with E-state index in [2.05, 4.69) is 11.0 Å². The summed E-state index contributed by atoms with van der Waals surface area (Å²) in [5.74, 6) is -0.553. The van der Waals surface area contributed by atoms with Crippen molar-refractivity contribution in [1.82, 2.24) is 4.90 Å². The molecule has 8 fully saturated rings. The molecule has 3 unspecified atom stereocenters. The van der Waals surface area contributed by atoms with E-state index >= 15 is 0 Å². The molecule has 9 atom stereocenters. The summed E-state index contributed by atoms with van der Waals surface area (Å²) < 4.78 is 11.8. The van der Waals surface area contributed by atoms with Gasteiger partial charge in [0.25, 0.3) is 0 Å². The molecule has 3 spiro atoms. The maximum atomic E-state index is 14.0. The molecule has 1 aromatic carbocycles. The Bertz CT molecular complexity index is 1060. The van der Waals surface area contributed by atoms with Crippen LogP contribution >= 0.6 is 0 Å². The number of amides is 1. The third kappa shape index (κ3) is 1.06. The highest BCUT2D eigenvalue weighted by molar-refractivity contribution is 6.08. The molecule has 29 heavy (non-hydrogen) atoms. The lowest BCUT2D eigenvalue weighted by Gasteiger charge is -2.73. The molecule has 7 heteroatoms. The molecule has 1 amide bonds. The number of ether oxygens (including phenoxy) is 2. The lowest BCUT2D eigenvalue weighted by atomic mass is 9.39. The van der Waals surface area contributed by atoms with Gasteiger partial charge in [0.1, 0.15) is 17.9 Å². The van der Waals surface area contributed by atoms with Crippen molar-refractivity contribution < 1.29 is 24.2 Å². The van der Waals surface area contributed by atoms with Gasteiger partial charge in [0, 0.05) is 18.0 Å². The van der Waals surface area contributed by atoms with E-state index in [-0.39, 0.29) is 23.5 Å². The lowest BCUT2D eigenvalue weighted by molar-refractivity contribution is -0.330. The first kappa shape index (κ1) is 15.8. The Kier molecular flexibility index (Phi) is 2.24. The summed E-state index contributed by atoms with van der Waals surface area (Å²) in [5, 5.41) is 12.3. The van der Waals surface area contributed by atoms with Gasteiger partial charge in [0.05, 0.1) is 24.1 Å². The Morgan fingerprint density at radius 3 is 2.93 bits per heavy atom. The molecule has 4 saturated heterocycles. The third-order valence-electron chi connectivity index (χ3n) is 9.90. The molecular weight excluding hydrogens is 372 g/mol. The van der Waals surface area contributed by atoms with Crippen molar-refractivity contribution in [2.75, 3.05) is 18.6 Å². The lowest BCUT2D eigenvalue weighted by Crippen LogP contribution is -2.89. The molecule has 5 aliphatic heterocycles. The summed E-state index contributed by atoms with van der Waals surface area (Å²) in [6, 6.07) is 8.03. The zero-order chi connectivity index (χ0) is 19.6. The average Bonchev–Trinajstić information content (AvgIpc) is 3.19. The predicted molar refractivity (Wildman–Crippen MR) is 99.2 cm³/mol. The largest absolute Gasteiger partial charge is 0.452 e. The highest BCUT2D eigenvalue weighted by atomic mass is 16.6. The van der Waals surface area contributed by atoms with E-state index in [9.17, 15) is 14.7 Å². The Hall–Kier alpha value is -1.96. The second-order valence-electron chi connectivity index (χ2n) is 10.0. The highest BCUT2D eigenvalue weighted by Gasteiger charge is 3.00. The number of carbonyl (C=O) groups excluding carboxylic acids is 2. The summed E-state index contributed by atoms with van der Waals surface area (Å²) in [7, 11) is 1.37. The van der Waals surface area contributed by atoms with Crippen molar-refractivity contribution in [1.29, 1.82) is 0 Å². The van der Waals surface area contributed by atoms with Crippen LogP contribution in [0.25, 0.3) is 0 Å². The standard InChI is InChI=1S/C22H22N2O5/c1-28-18(26)24-12-6-3-2-5-11(12)21-13-14(25)22(27)17-19(8-9-20(21,22)24)7-4-10-23(16(19)21)15(13)29-17/h2-3,5-6,13,15-17,27H,4,7-10H2,1H3/t13?,15?,16-,17+,19-,20-,21-,22+/m0/s1.